The normalized spacial score (nSPS) is 10.6. The summed E-state index contributed by atoms with van der Waals surface area (Å²) in [7, 11) is 3.36. The third kappa shape index (κ3) is 4.73. The molecule has 0 radical (unpaired) electrons. The van der Waals surface area contributed by atoms with Crippen LogP contribution in [-0.2, 0) is 19.4 Å². The van der Waals surface area contributed by atoms with E-state index in [4.69, 9.17) is 9.47 Å². The summed E-state index contributed by atoms with van der Waals surface area (Å²) in [6.07, 6.45) is 1.98. The summed E-state index contributed by atoms with van der Waals surface area (Å²) in [5.74, 6) is 1.61. The second kappa shape index (κ2) is 8.59. The van der Waals surface area contributed by atoms with Crippen LogP contribution < -0.4 is 14.8 Å². The molecule has 23 heavy (non-hydrogen) atoms. The Morgan fingerprint density at radius 1 is 0.957 bits per heavy atom. The monoisotopic (exact) mass is 313 g/mol. The van der Waals surface area contributed by atoms with Gasteiger partial charge in [0.25, 0.3) is 0 Å². The lowest BCUT2D eigenvalue weighted by Crippen LogP contribution is -2.17. The lowest BCUT2D eigenvalue weighted by molar-refractivity contribution is 0.354. The number of hydrogen-bond acceptors (Lipinski definition) is 3. The van der Waals surface area contributed by atoms with Gasteiger partial charge in [-0.05, 0) is 55.1 Å². The van der Waals surface area contributed by atoms with Crippen LogP contribution in [0, 0.1) is 6.92 Å². The van der Waals surface area contributed by atoms with Crippen molar-refractivity contribution in [2.24, 2.45) is 0 Å². The van der Waals surface area contributed by atoms with Gasteiger partial charge in [-0.3, -0.25) is 0 Å². The van der Waals surface area contributed by atoms with Crippen LogP contribution in [0.1, 0.15) is 29.2 Å². The summed E-state index contributed by atoms with van der Waals surface area (Å²) >= 11 is 0. The van der Waals surface area contributed by atoms with Crippen molar-refractivity contribution >= 4 is 0 Å². The van der Waals surface area contributed by atoms with Gasteiger partial charge >= 0.3 is 0 Å². The molecule has 0 unspecified atom stereocenters. The van der Waals surface area contributed by atoms with Gasteiger partial charge in [-0.2, -0.15) is 0 Å². The van der Waals surface area contributed by atoms with E-state index >= 15 is 0 Å². The third-order valence-corrected chi connectivity index (χ3v) is 4.07. The highest BCUT2D eigenvalue weighted by Crippen LogP contribution is 2.31. The molecule has 124 valence electrons. The molecule has 2 rings (SSSR count). The van der Waals surface area contributed by atoms with Crippen molar-refractivity contribution in [2.45, 2.75) is 33.2 Å². The molecular weight excluding hydrogens is 286 g/mol. The summed E-state index contributed by atoms with van der Waals surface area (Å²) < 4.78 is 10.8. The van der Waals surface area contributed by atoms with E-state index in [2.05, 4.69) is 55.6 Å². The quantitative estimate of drug-likeness (QED) is 0.750. The van der Waals surface area contributed by atoms with Crippen LogP contribution >= 0.6 is 0 Å². The topological polar surface area (TPSA) is 30.5 Å². The minimum atomic E-state index is 0.804. The molecule has 0 aliphatic heterocycles. The predicted octanol–water partition coefficient (Wildman–Crippen LogP) is 3.91. The maximum Gasteiger partial charge on any atom is 0.161 e. The van der Waals surface area contributed by atoms with Crippen molar-refractivity contribution in [1.29, 1.82) is 0 Å². The molecule has 3 heteroatoms. The van der Waals surface area contributed by atoms with Gasteiger partial charge in [-0.15, -0.1) is 0 Å². The first-order valence-corrected chi connectivity index (χ1v) is 8.18. The summed E-state index contributed by atoms with van der Waals surface area (Å²) in [5, 5.41) is 3.52. The predicted molar refractivity (Wildman–Crippen MR) is 95.5 cm³/mol. The average molecular weight is 313 g/mol. The van der Waals surface area contributed by atoms with Gasteiger partial charge in [-0.1, -0.05) is 36.8 Å². The van der Waals surface area contributed by atoms with Crippen LogP contribution in [0.2, 0.25) is 0 Å². The Labute approximate surface area is 139 Å². The fourth-order valence-corrected chi connectivity index (χ4v) is 2.80. The van der Waals surface area contributed by atoms with Crippen molar-refractivity contribution in [1.82, 2.24) is 5.32 Å². The van der Waals surface area contributed by atoms with E-state index in [-0.39, 0.29) is 0 Å². The zero-order chi connectivity index (χ0) is 16.7. The van der Waals surface area contributed by atoms with Crippen molar-refractivity contribution in [3.63, 3.8) is 0 Å². The Morgan fingerprint density at radius 3 is 2.26 bits per heavy atom. The van der Waals surface area contributed by atoms with Crippen LogP contribution in [0.15, 0.2) is 36.4 Å². The molecule has 0 spiro atoms. The highest BCUT2D eigenvalue weighted by molar-refractivity contribution is 5.47. The van der Waals surface area contributed by atoms with E-state index in [9.17, 15) is 0 Å². The van der Waals surface area contributed by atoms with Gasteiger partial charge in [0.05, 0.1) is 14.2 Å². The Balaban J connectivity index is 1.97. The third-order valence-electron chi connectivity index (χ3n) is 4.07. The standard InChI is InChI=1S/C20H27NO2/c1-5-17-12-19(22-3)20(23-4)13-18(17)9-10-21-14-16-8-6-7-15(2)11-16/h6-8,11-13,21H,5,9-10,14H2,1-4H3. The molecule has 0 saturated heterocycles. The Bertz CT molecular complexity index is 638. The van der Waals surface area contributed by atoms with Crippen LogP contribution in [0.25, 0.3) is 0 Å². The lowest BCUT2D eigenvalue weighted by Gasteiger charge is -2.14. The molecule has 0 amide bonds. The molecule has 0 aromatic heterocycles. The number of aryl methyl sites for hydroxylation is 2. The number of rotatable bonds is 8. The van der Waals surface area contributed by atoms with E-state index in [0.717, 1.165) is 37.4 Å². The van der Waals surface area contributed by atoms with Gasteiger partial charge < -0.3 is 14.8 Å². The highest BCUT2D eigenvalue weighted by atomic mass is 16.5. The first-order chi connectivity index (χ1) is 11.2. The van der Waals surface area contributed by atoms with Gasteiger partial charge in [0.2, 0.25) is 0 Å². The maximum absolute atomic E-state index is 5.42. The smallest absolute Gasteiger partial charge is 0.161 e. The van der Waals surface area contributed by atoms with Crippen LogP contribution in [-0.4, -0.2) is 20.8 Å². The minimum absolute atomic E-state index is 0.804. The Morgan fingerprint density at radius 2 is 1.65 bits per heavy atom. The lowest BCUT2D eigenvalue weighted by atomic mass is 10.0. The van der Waals surface area contributed by atoms with Crippen molar-refractivity contribution in [2.75, 3.05) is 20.8 Å². The molecule has 0 saturated carbocycles. The molecule has 0 atom stereocenters. The molecule has 2 aromatic rings. The summed E-state index contributed by atoms with van der Waals surface area (Å²) in [5.41, 5.74) is 5.27. The molecule has 0 aliphatic rings. The molecular formula is C20H27NO2. The average Bonchev–Trinajstić information content (AvgIpc) is 2.58. The molecule has 0 aliphatic carbocycles. The number of ether oxygens (including phenoxy) is 2. The van der Waals surface area contributed by atoms with Crippen LogP contribution in [0.5, 0.6) is 11.5 Å². The first kappa shape index (κ1) is 17.4. The van der Waals surface area contributed by atoms with E-state index < -0.39 is 0 Å². The van der Waals surface area contributed by atoms with Gasteiger partial charge in [0.1, 0.15) is 0 Å². The number of benzene rings is 2. The highest BCUT2D eigenvalue weighted by Gasteiger charge is 2.09. The van der Waals surface area contributed by atoms with Gasteiger partial charge in [-0.25, -0.2) is 0 Å². The zero-order valence-electron chi connectivity index (χ0n) is 14.6. The van der Waals surface area contributed by atoms with Crippen LogP contribution in [0.3, 0.4) is 0 Å². The summed E-state index contributed by atoms with van der Waals surface area (Å²) in [6, 6.07) is 12.8. The molecule has 0 bridgehead atoms. The van der Waals surface area contributed by atoms with E-state index in [1.807, 2.05) is 0 Å². The zero-order valence-corrected chi connectivity index (χ0v) is 14.6. The second-order valence-electron chi connectivity index (χ2n) is 5.75. The Kier molecular flexibility index (Phi) is 6.48. The first-order valence-electron chi connectivity index (χ1n) is 8.18. The van der Waals surface area contributed by atoms with E-state index in [1.165, 1.54) is 22.3 Å². The number of nitrogens with one attached hydrogen (secondary N) is 1. The van der Waals surface area contributed by atoms with Crippen molar-refractivity contribution in [3.05, 3.63) is 58.7 Å². The van der Waals surface area contributed by atoms with Crippen molar-refractivity contribution in [3.8, 4) is 11.5 Å². The molecule has 3 nitrogen and oxygen atoms in total. The number of hydrogen-bond donors (Lipinski definition) is 1. The maximum atomic E-state index is 5.42. The van der Waals surface area contributed by atoms with E-state index in [1.54, 1.807) is 14.2 Å². The van der Waals surface area contributed by atoms with Crippen LogP contribution in [0.4, 0.5) is 0 Å². The van der Waals surface area contributed by atoms with Gasteiger partial charge in [0.15, 0.2) is 11.5 Å². The largest absolute Gasteiger partial charge is 0.493 e. The molecule has 2 aromatic carbocycles. The SMILES string of the molecule is CCc1cc(OC)c(OC)cc1CCNCc1cccc(C)c1. The fourth-order valence-electron chi connectivity index (χ4n) is 2.80. The van der Waals surface area contributed by atoms with Gasteiger partial charge in [0, 0.05) is 6.54 Å². The second-order valence-corrected chi connectivity index (χ2v) is 5.75. The fraction of sp³-hybridized carbons (Fsp3) is 0.400. The van der Waals surface area contributed by atoms with E-state index in [0.29, 0.717) is 0 Å². The Hall–Kier alpha value is -2.00. The minimum Gasteiger partial charge on any atom is -0.493 e. The molecule has 0 fully saturated rings. The summed E-state index contributed by atoms with van der Waals surface area (Å²) in [4.78, 5) is 0. The summed E-state index contributed by atoms with van der Waals surface area (Å²) in [6.45, 7) is 6.14. The van der Waals surface area contributed by atoms with Crippen molar-refractivity contribution < 1.29 is 9.47 Å². The molecule has 1 N–H and O–H groups in total. The molecule has 0 heterocycles. The number of methoxy groups -OCH3 is 2.